The van der Waals surface area contributed by atoms with Crippen LogP contribution in [-0.2, 0) is 9.59 Å². The van der Waals surface area contributed by atoms with Gasteiger partial charge in [0, 0.05) is 38.4 Å². The Kier molecular flexibility index (Phi) is 3.71. The second-order valence-corrected chi connectivity index (χ2v) is 7.53. The van der Waals surface area contributed by atoms with E-state index in [4.69, 9.17) is 0 Å². The Morgan fingerprint density at radius 2 is 2.05 bits per heavy atom. The molecule has 3 saturated heterocycles. The third-order valence-electron chi connectivity index (χ3n) is 4.86. The number of hydrogen-bond acceptors (Lipinski definition) is 4. The van der Waals surface area contributed by atoms with E-state index in [1.54, 1.807) is 11.8 Å². The molecule has 0 aliphatic carbocycles. The van der Waals surface area contributed by atoms with Crippen LogP contribution in [0, 0.1) is 0 Å². The highest BCUT2D eigenvalue weighted by Crippen LogP contribution is 2.47. The molecule has 0 aromatic heterocycles. The maximum Gasteiger partial charge on any atom is 0.246 e. The molecule has 3 aliphatic rings. The van der Waals surface area contributed by atoms with E-state index >= 15 is 0 Å². The first-order valence-electron chi connectivity index (χ1n) is 7.52. The Morgan fingerprint density at radius 3 is 2.70 bits per heavy atom. The number of carbonyl (C=O) groups is 2. The largest absolute Gasteiger partial charge is 0.338 e. The molecule has 3 rings (SSSR count). The van der Waals surface area contributed by atoms with Crippen LogP contribution < -0.4 is 0 Å². The van der Waals surface area contributed by atoms with Crippen LogP contribution in [0.3, 0.4) is 0 Å². The first kappa shape index (κ1) is 14.2. The summed E-state index contributed by atoms with van der Waals surface area (Å²) < 4.78 is 0. The Morgan fingerprint density at radius 1 is 1.35 bits per heavy atom. The number of rotatable bonds is 2. The molecule has 112 valence electrons. The zero-order chi connectivity index (χ0) is 14.3. The second kappa shape index (κ2) is 5.22. The lowest BCUT2D eigenvalue weighted by molar-refractivity contribution is -0.144. The van der Waals surface area contributed by atoms with Crippen molar-refractivity contribution in [3.63, 3.8) is 0 Å². The van der Waals surface area contributed by atoms with Gasteiger partial charge in [-0.1, -0.05) is 6.92 Å². The first-order chi connectivity index (χ1) is 9.55. The van der Waals surface area contributed by atoms with E-state index in [2.05, 4.69) is 18.7 Å². The summed E-state index contributed by atoms with van der Waals surface area (Å²) in [5.74, 6) is 1.07. The van der Waals surface area contributed by atoms with Crippen LogP contribution in [0.4, 0.5) is 0 Å². The summed E-state index contributed by atoms with van der Waals surface area (Å²) in [5, 5.41) is 0. The SMILES string of the molecule is CCN1CCN(C(=O)C2CSC3(C)CCC(=O)N23)CC1. The third-order valence-corrected chi connectivity index (χ3v) is 6.37. The Balaban J connectivity index is 1.68. The second-order valence-electron chi connectivity index (χ2n) is 6.03. The lowest BCUT2D eigenvalue weighted by Gasteiger charge is -2.37. The summed E-state index contributed by atoms with van der Waals surface area (Å²) in [6, 6.07) is -0.229. The Bertz CT molecular complexity index is 423. The number of likely N-dealkylation sites (N-methyl/N-ethyl adjacent to an activating group) is 1. The highest BCUT2D eigenvalue weighted by atomic mass is 32.2. The number of nitrogens with zero attached hydrogens (tertiary/aromatic N) is 3. The number of amides is 2. The molecule has 3 heterocycles. The molecule has 2 atom stereocenters. The molecule has 0 spiro atoms. The van der Waals surface area contributed by atoms with Crippen LogP contribution in [0.2, 0.25) is 0 Å². The standard InChI is InChI=1S/C14H23N3O2S/c1-3-15-6-8-16(9-7-15)13(19)11-10-20-14(2)5-4-12(18)17(11)14/h11H,3-10H2,1-2H3. The summed E-state index contributed by atoms with van der Waals surface area (Å²) in [6.07, 6.45) is 1.47. The van der Waals surface area contributed by atoms with Crippen molar-refractivity contribution in [2.24, 2.45) is 0 Å². The van der Waals surface area contributed by atoms with Crippen molar-refractivity contribution in [1.82, 2.24) is 14.7 Å². The lowest BCUT2D eigenvalue weighted by Crippen LogP contribution is -2.56. The molecule has 5 nitrogen and oxygen atoms in total. The molecule has 2 unspecified atom stereocenters. The minimum absolute atomic E-state index is 0.136. The predicted molar refractivity (Wildman–Crippen MR) is 79.4 cm³/mol. The minimum Gasteiger partial charge on any atom is -0.338 e. The van der Waals surface area contributed by atoms with E-state index in [0.29, 0.717) is 6.42 Å². The molecule has 0 aromatic rings. The molecule has 20 heavy (non-hydrogen) atoms. The van der Waals surface area contributed by atoms with Crippen LogP contribution in [0.1, 0.15) is 26.7 Å². The van der Waals surface area contributed by atoms with E-state index < -0.39 is 0 Å². The summed E-state index contributed by atoms with van der Waals surface area (Å²) in [6.45, 7) is 8.80. The quantitative estimate of drug-likeness (QED) is 0.749. The molecular weight excluding hydrogens is 274 g/mol. The van der Waals surface area contributed by atoms with E-state index in [-0.39, 0.29) is 22.7 Å². The molecule has 3 aliphatic heterocycles. The van der Waals surface area contributed by atoms with Gasteiger partial charge in [0.2, 0.25) is 11.8 Å². The van der Waals surface area contributed by atoms with Gasteiger partial charge in [-0.05, 0) is 19.9 Å². The van der Waals surface area contributed by atoms with Gasteiger partial charge in [-0.15, -0.1) is 11.8 Å². The van der Waals surface area contributed by atoms with E-state index in [1.165, 1.54) is 0 Å². The summed E-state index contributed by atoms with van der Waals surface area (Å²) in [7, 11) is 0. The maximum atomic E-state index is 12.7. The van der Waals surface area contributed by atoms with Gasteiger partial charge in [-0.2, -0.15) is 0 Å². The highest BCUT2D eigenvalue weighted by molar-refractivity contribution is 8.01. The van der Waals surface area contributed by atoms with Gasteiger partial charge in [0.15, 0.2) is 0 Å². The van der Waals surface area contributed by atoms with Gasteiger partial charge in [-0.3, -0.25) is 9.59 Å². The molecule has 2 amide bonds. The van der Waals surface area contributed by atoms with Crippen LogP contribution in [-0.4, -0.2) is 75.9 Å². The predicted octanol–water partition coefficient (Wildman–Crippen LogP) is 0.604. The molecule has 0 bridgehead atoms. The topological polar surface area (TPSA) is 43.9 Å². The van der Waals surface area contributed by atoms with Gasteiger partial charge in [-0.25, -0.2) is 0 Å². The molecule has 3 fully saturated rings. The van der Waals surface area contributed by atoms with Crippen molar-refractivity contribution in [1.29, 1.82) is 0 Å². The van der Waals surface area contributed by atoms with Gasteiger partial charge in [0.25, 0.3) is 0 Å². The van der Waals surface area contributed by atoms with Crippen LogP contribution in [0.15, 0.2) is 0 Å². The lowest BCUT2D eigenvalue weighted by atomic mass is 10.2. The van der Waals surface area contributed by atoms with Crippen molar-refractivity contribution >= 4 is 23.6 Å². The summed E-state index contributed by atoms with van der Waals surface area (Å²) >= 11 is 1.77. The van der Waals surface area contributed by atoms with Crippen molar-refractivity contribution < 1.29 is 9.59 Å². The fourth-order valence-electron chi connectivity index (χ4n) is 3.50. The molecular formula is C14H23N3O2S. The van der Waals surface area contributed by atoms with Crippen LogP contribution in [0.25, 0.3) is 0 Å². The summed E-state index contributed by atoms with van der Waals surface area (Å²) in [4.78, 5) is 30.9. The normalized spacial score (nSPS) is 34.7. The molecule has 0 N–H and O–H groups in total. The number of piperazine rings is 1. The van der Waals surface area contributed by atoms with Gasteiger partial charge in [0.1, 0.15) is 6.04 Å². The van der Waals surface area contributed by atoms with Gasteiger partial charge < -0.3 is 14.7 Å². The number of hydrogen-bond donors (Lipinski definition) is 0. The van der Waals surface area contributed by atoms with Crippen molar-refractivity contribution in [2.75, 3.05) is 38.5 Å². The Labute approximate surface area is 124 Å². The minimum atomic E-state index is -0.229. The van der Waals surface area contributed by atoms with Crippen molar-refractivity contribution in [2.45, 2.75) is 37.6 Å². The maximum absolute atomic E-state index is 12.7. The number of thioether (sulfide) groups is 1. The molecule has 6 heteroatoms. The van der Waals surface area contributed by atoms with Crippen LogP contribution in [0.5, 0.6) is 0 Å². The van der Waals surface area contributed by atoms with Gasteiger partial charge in [0.05, 0.1) is 4.87 Å². The third kappa shape index (κ3) is 2.22. The van der Waals surface area contributed by atoms with Crippen molar-refractivity contribution in [3.8, 4) is 0 Å². The molecule has 0 radical (unpaired) electrons. The Hall–Kier alpha value is -0.750. The van der Waals surface area contributed by atoms with Gasteiger partial charge >= 0.3 is 0 Å². The average Bonchev–Trinajstić information content (AvgIpc) is 2.95. The molecule has 0 aromatic carbocycles. The smallest absolute Gasteiger partial charge is 0.246 e. The van der Waals surface area contributed by atoms with E-state index in [9.17, 15) is 9.59 Å². The molecule has 0 saturated carbocycles. The van der Waals surface area contributed by atoms with Crippen LogP contribution >= 0.6 is 11.8 Å². The van der Waals surface area contributed by atoms with E-state index in [0.717, 1.165) is 44.9 Å². The fourth-order valence-corrected chi connectivity index (χ4v) is 4.92. The monoisotopic (exact) mass is 297 g/mol. The summed E-state index contributed by atoms with van der Waals surface area (Å²) in [5.41, 5.74) is 0. The number of carbonyl (C=O) groups excluding carboxylic acids is 2. The zero-order valence-corrected chi connectivity index (χ0v) is 13.1. The number of fused-ring (bicyclic) bond motifs is 1. The fraction of sp³-hybridized carbons (Fsp3) is 0.857. The first-order valence-corrected chi connectivity index (χ1v) is 8.51. The highest BCUT2D eigenvalue weighted by Gasteiger charge is 2.53. The van der Waals surface area contributed by atoms with Crippen molar-refractivity contribution in [3.05, 3.63) is 0 Å². The van der Waals surface area contributed by atoms with E-state index in [1.807, 2.05) is 9.80 Å². The zero-order valence-electron chi connectivity index (χ0n) is 12.3. The average molecular weight is 297 g/mol.